The number of allylic oxidation sites excluding steroid dienone is 2. The summed E-state index contributed by atoms with van der Waals surface area (Å²) in [5.41, 5.74) is 3.37. The van der Waals surface area contributed by atoms with Gasteiger partial charge in [0.1, 0.15) is 11.1 Å². The van der Waals surface area contributed by atoms with Crippen molar-refractivity contribution in [2.45, 2.75) is 92.1 Å². The molecule has 51 heavy (non-hydrogen) atoms. The lowest BCUT2D eigenvalue weighted by atomic mass is 9.89. The number of hydrogen-bond acceptors (Lipinski definition) is 6. The second-order valence-electron chi connectivity index (χ2n) is 12.5. The molecule has 0 aliphatic heterocycles. The summed E-state index contributed by atoms with van der Waals surface area (Å²) in [6, 6.07) is 14.7. The minimum absolute atomic E-state index is 0.0140. The van der Waals surface area contributed by atoms with E-state index < -0.39 is 29.3 Å². The van der Waals surface area contributed by atoms with Gasteiger partial charge in [-0.25, -0.2) is 9.36 Å². The Labute approximate surface area is 300 Å². The molecule has 4 rings (SSSR count). The number of unbranched alkanes of at least 4 members (excludes halogenated alkanes) is 4. The first kappa shape index (κ1) is 42.5. The molecule has 0 saturated heterocycles. The molecule has 278 valence electrons. The monoisotopic (exact) mass is 708 g/mol. The fraction of sp³-hybridized carbons (Fsp3) is 0.436. The number of aromatic nitrogens is 4. The third kappa shape index (κ3) is 11.4. The van der Waals surface area contributed by atoms with Crippen LogP contribution in [0.25, 0.3) is 5.57 Å². The Hall–Kier alpha value is -4.68. The smallest absolute Gasteiger partial charge is 0.262 e. The molecule has 1 atom stereocenters. The summed E-state index contributed by atoms with van der Waals surface area (Å²) < 4.78 is 30.3. The topological polar surface area (TPSA) is 134 Å². The van der Waals surface area contributed by atoms with E-state index in [9.17, 15) is 23.5 Å². The van der Waals surface area contributed by atoms with Gasteiger partial charge in [-0.1, -0.05) is 88.4 Å². The van der Waals surface area contributed by atoms with Crippen LogP contribution < -0.4 is 10.6 Å². The molecule has 1 unspecified atom stereocenters. The lowest BCUT2D eigenvalue weighted by Crippen LogP contribution is -2.24. The average Bonchev–Trinajstić information content (AvgIpc) is 3.51. The van der Waals surface area contributed by atoms with Crippen LogP contribution in [0.1, 0.15) is 116 Å². The maximum atomic E-state index is 14.1. The molecular formula is C39H54F2N6O4. The summed E-state index contributed by atoms with van der Waals surface area (Å²) in [5.74, 6) is -2.35. The summed E-state index contributed by atoms with van der Waals surface area (Å²) in [5, 5.41) is 31.3. The first-order valence-corrected chi connectivity index (χ1v) is 17.3. The lowest BCUT2D eigenvalue weighted by molar-refractivity contribution is 0.0456. The standard InChI is InChI=1S/C19H26FN3O2.C19H24FN3O.CH4O/c1-5-6-9-12-19(3,25)14-10-7-8-11-15(14)21-18(24)16-13(2)22-23(4)17(16)20;1-5-6-7-10-13(2)15-11-8-9-12-16(15)21-19(24)17-14(3)22-23(4)18(17)20;1-2/h7-8,10-11,25H,5-6,9,12H2,1-4H3,(H,21,24);8-12H,5-7H2,1-4H3,(H,21,24);2H,1H3. The number of nitrogens with zero attached hydrogens (tertiary/aromatic N) is 4. The number of anilines is 2. The molecule has 0 aliphatic rings. The fourth-order valence-corrected chi connectivity index (χ4v) is 5.63. The van der Waals surface area contributed by atoms with Gasteiger partial charge in [0.15, 0.2) is 0 Å². The number of aliphatic hydroxyl groups excluding tert-OH is 1. The van der Waals surface area contributed by atoms with Crippen LogP contribution >= 0.6 is 0 Å². The minimum atomic E-state index is -1.07. The predicted molar refractivity (Wildman–Crippen MR) is 200 cm³/mol. The van der Waals surface area contributed by atoms with Crippen LogP contribution in [0.5, 0.6) is 0 Å². The van der Waals surface area contributed by atoms with Crippen molar-refractivity contribution in [2.24, 2.45) is 14.1 Å². The number of carbonyl (C=O) groups is 2. The van der Waals surface area contributed by atoms with Gasteiger partial charge in [0.25, 0.3) is 11.8 Å². The molecule has 12 heteroatoms. The molecule has 2 aromatic carbocycles. The number of aliphatic hydroxyl groups is 2. The number of benzene rings is 2. The average molecular weight is 709 g/mol. The molecule has 0 saturated carbocycles. The Balaban J connectivity index is 0.000000337. The zero-order chi connectivity index (χ0) is 38.3. The maximum absolute atomic E-state index is 14.1. The summed E-state index contributed by atoms with van der Waals surface area (Å²) in [6.45, 7) is 11.2. The normalized spacial score (nSPS) is 12.2. The van der Waals surface area contributed by atoms with E-state index in [1.54, 1.807) is 39.0 Å². The zero-order valence-corrected chi connectivity index (χ0v) is 31.4. The van der Waals surface area contributed by atoms with Gasteiger partial charge in [-0.15, -0.1) is 0 Å². The number of hydrogen-bond donors (Lipinski definition) is 4. The molecule has 4 N–H and O–H groups in total. The Bertz CT molecular complexity index is 1780. The molecular weight excluding hydrogens is 654 g/mol. The highest BCUT2D eigenvalue weighted by Gasteiger charge is 2.28. The SMILES string of the molecule is CCCCC=C(C)c1ccccc1NC(=O)c1c(C)nn(C)c1F.CCCCCC(C)(O)c1ccccc1NC(=O)c1c(C)nn(C)c1F.CO. The van der Waals surface area contributed by atoms with Crippen molar-refractivity contribution >= 4 is 28.8 Å². The van der Waals surface area contributed by atoms with Crippen molar-refractivity contribution < 1.29 is 28.6 Å². The van der Waals surface area contributed by atoms with Gasteiger partial charge in [0.2, 0.25) is 11.9 Å². The number of rotatable bonds is 13. The Morgan fingerprint density at radius 1 is 0.804 bits per heavy atom. The number of nitrogens with one attached hydrogen (secondary N) is 2. The van der Waals surface area contributed by atoms with Gasteiger partial charge < -0.3 is 20.8 Å². The van der Waals surface area contributed by atoms with Crippen LogP contribution in [0.15, 0.2) is 54.6 Å². The first-order chi connectivity index (χ1) is 24.2. The minimum Gasteiger partial charge on any atom is -0.400 e. The molecule has 2 heterocycles. The van der Waals surface area contributed by atoms with E-state index in [-0.39, 0.29) is 11.1 Å². The molecule has 0 bridgehead atoms. The summed E-state index contributed by atoms with van der Waals surface area (Å²) in [7, 11) is 3.93. The molecule has 10 nitrogen and oxygen atoms in total. The van der Waals surface area contributed by atoms with Crippen molar-refractivity contribution in [2.75, 3.05) is 17.7 Å². The Kier molecular flexibility index (Phi) is 16.9. The van der Waals surface area contributed by atoms with E-state index in [0.717, 1.165) is 66.1 Å². The second kappa shape index (κ2) is 20.2. The highest BCUT2D eigenvalue weighted by Crippen LogP contribution is 2.33. The lowest BCUT2D eigenvalue weighted by Gasteiger charge is -2.26. The van der Waals surface area contributed by atoms with Crippen molar-refractivity contribution in [1.82, 2.24) is 19.6 Å². The predicted octanol–water partition coefficient (Wildman–Crippen LogP) is 8.23. The van der Waals surface area contributed by atoms with E-state index in [1.165, 1.54) is 14.1 Å². The molecule has 0 spiro atoms. The Morgan fingerprint density at radius 3 is 1.76 bits per heavy atom. The molecule has 4 aromatic rings. The zero-order valence-electron chi connectivity index (χ0n) is 31.4. The molecule has 0 aliphatic carbocycles. The van der Waals surface area contributed by atoms with E-state index in [0.29, 0.717) is 34.7 Å². The third-order valence-corrected chi connectivity index (χ3v) is 8.39. The highest BCUT2D eigenvalue weighted by molar-refractivity contribution is 6.06. The van der Waals surface area contributed by atoms with Gasteiger partial charge in [-0.05, 0) is 58.2 Å². The maximum Gasteiger partial charge on any atom is 0.262 e. The highest BCUT2D eigenvalue weighted by atomic mass is 19.1. The van der Waals surface area contributed by atoms with Crippen LogP contribution in [0, 0.1) is 25.7 Å². The fourth-order valence-electron chi connectivity index (χ4n) is 5.63. The number of halogens is 2. The van der Waals surface area contributed by atoms with E-state index in [1.807, 2.05) is 37.3 Å². The van der Waals surface area contributed by atoms with Crippen molar-refractivity contribution in [3.05, 3.63) is 100 Å². The van der Waals surface area contributed by atoms with Crippen LogP contribution in [-0.2, 0) is 19.7 Å². The quantitative estimate of drug-likeness (QED) is 0.103. The third-order valence-electron chi connectivity index (χ3n) is 8.39. The molecule has 2 aromatic heterocycles. The van der Waals surface area contributed by atoms with Crippen LogP contribution in [0.2, 0.25) is 0 Å². The number of para-hydroxylation sites is 2. The number of amides is 2. The summed E-state index contributed by atoms with van der Waals surface area (Å²) >= 11 is 0. The number of carbonyl (C=O) groups excluding carboxylic acids is 2. The second-order valence-corrected chi connectivity index (χ2v) is 12.5. The van der Waals surface area contributed by atoms with E-state index >= 15 is 0 Å². The van der Waals surface area contributed by atoms with E-state index in [4.69, 9.17) is 5.11 Å². The van der Waals surface area contributed by atoms with E-state index in [2.05, 4.69) is 40.8 Å². The van der Waals surface area contributed by atoms with Crippen LogP contribution in [0.3, 0.4) is 0 Å². The summed E-state index contributed by atoms with van der Waals surface area (Å²) in [4.78, 5) is 25.0. The largest absolute Gasteiger partial charge is 0.400 e. The van der Waals surface area contributed by atoms with Gasteiger partial charge in [0, 0.05) is 43.7 Å². The molecule has 0 radical (unpaired) electrons. The van der Waals surface area contributed by atoms with Gasteiger partial charge in [0.05, 0.1) is 17.0 Å². The van der Waals surface area contributed by atoms with Crippen LogP contribution in [-0.4, -0.2) is 48.7 Å². The van der Waals surface area contributed by atoms with Gasteiger partial charge >= 0.3 is 0 Å². The molecule has 2 amide bonds. The van der Waals surface area contributed by atoms with Crippen molar-refractivity contribution in [3.8, 4) is 0 Å². The van der Waals surface area contributed by atoms with Crippen molar-refractivity contribution in [1.29, 1.82) is 0 Å². The Morgan fingerprint density at radius 2 is 1.27 bits per heavy atom. The van der Waals surface area contributed by atoms with Gasteiger partial charge in [-0.3, -0.25) is 9.59 Å². The first-order valence-electron chi connectivity index (χ1n) is 17.3. The molecule has 0 fully saturated rings. The summed E-state index contributed by atoms with van der Waals surface area (Å²) in [6.07, 6.45) is 9.02. The van der Waals surface area contributed by atoms with Gasteiger partial charge in [-0.2, -0.15) is 19.0 Å². The number of aryl methyl sites for hydroxylation is 4. The van der Waals surface area contributed by atoms with Crippen LogP contribution in [0.4, 0.5) is 20.2 Å². The van der Waals surface area contributed by atoms with Crippen molar-refractivity contribution in [3.63, 3.8) is 0 Å².